The minimum atomic E-state index is -1.27. The van der Waals surface area contributed by atoms with Crippen LogP contribution in [0.4, 0.5) is 0 Å². The summed E-state index contributed by atoms with van der Waals surface area (Å²) >= 11 is 0. The van der Waals surface area contributed by atoms with Crippen molar-refractivity contribution in [3.63, 3.8) is 0 Å². The van der Waals surface area contributed by atoms with Gasteiger partial charge in [0, 0.05) is 10.9 Å². The van der Waals surface area contributed by atoms with Crippen molar-refractivity contribution >= 4 is 16.9 Å². The number of rotatable bonds is 1. The Morgan fingerprint density at radius 3 is 2.64 bits per heavy atom. The van der Waals surface area contributed by atoms with Crippen molar-refractivity contribution < 1.29 is 14.3 Å². The number of carboxylic acids is 1. The van der Waals surface area contributed by atoms with E-state index in [9.17, 15) is 9.90 Å². The Labute approximate surface area is 81.0 Å². The van der Waals surface area contributed by atoms with Crippen LogP contribution in [0.1, 0.15) is 21.7 Å². The Hall–Kier alpha value is -1.77. The highest BCUT2D eigenvalue weighted by Crippen LogP contribution is 2.26. The summed E-state index contributed by atoms with van der Waals surface area (Å²) in [5.41, 5.74) is 2.19. The second kappa shape index (κ2) is 2.87. The van der Waals surface area contributed by atoms with Crippen LogP contribution in [0.15, 0.2) is 22.6 Å². The standard InChI is InChI=1S/C11H10O3/c1-6-4-3-5-8-7(2)10(11(12)13)14-9(6)8/h3-5H,1-2H3,(H,12,13)/p-1. The first kappa shape index (κ1) is 8.81. The van der Waals surface area contributed by atoms with Gasteiger partial charge in [-0.2, -0.15) is 0 Å². The quantitative estimate of drug-likeness (QED) is 0.681. The van der Waals surface area contributed by atoms with Crippen molar-refractivity contribution in [2.75, 3.05) is 0 Å². The first-order valence-corrected chi connectivity index (χ1v) is 4.31. The zero-order chi connectivity index (χ0) is 10.3. The minimum Gasteiger partial charge on any atom is -0.542 e. The van der Waals surface area contributed by atoms with Crippen molar-refractivity contribution in [2.45, 2.75) is 13.8 Å². The number of hydrogen-bond acceptors (Lipinski definition) is 3. The Bertz CT molecular complexity index is 508. The molecule has 0 saturated heterocycles. The lowest BCUT2D eigenvalue weighted by Crippen LogP contribution is -2.22. The number of hydrogen-bond donors (Lipinski definition) is 0. The molecule has 0 amide bonds. The highest BCUT2D eigenvalue weighted by Gasteiger charge is 2.11. The van der Waals surface area contributed by atoms with Crippen molar-refractivity contribution in [2.24, 2.45) is 0 Å². The number of aryl methyl sites for hydroxylation is 2. The van der Waals surface area contributed by atoms with Gasteiger partial charge in [0.1, 0.15) is 11.6 Å². The van der Waals surface area contributed by atoms with Crippen molar-refractivity contribution in [3.05, 3.63) is 35.1 Å². The summed E-state index contributed by atoms with van der Waals surface area (Å²) in [5.74, 6) is -1.34. The van der Waals surface area contributed by atoms with Crippen LogP contribution in [-0.4, -0.2) is 5.97 Å². The van der Waals surface area contributed by atoms with Crippen LogP contribution in [0.3, 0.4) is 0 Å². The van der Waals surface area contributed by atoms with Crippen LogP contribution in [0.5, 0.6) is 0 Å². The summed E-state index contributed by atoms with van der Waals surface area (Å²) in [6.45, 7) is 3.60. The molecular weight excluding hydrogens is 180 g/mol. The lowest BCUT2D eigenvalue weighted by atomic mass is 10.1. The van der Waals surface area contributed by atoms with E-state index in [2.05, 4.69) is 0 Å². The molecule has 72 valence electrons. The number of benzene rings is 1. The van der Waals surface area contributed by atoms with Gasteiger partial charge in [-0.3, -0.25) is 0 Å². The third-order valence-corrected chi connectivity index (χ3v) is 2.35. The lowest BCUT2D eigenvalue weighted by molar-refractivity contribution is -0.257. The smallest absolute Gasteiger partial charge is 0.153 e. The highest BCUT2D eigenvalue weighted by molar-refractivity contribution is 5.94. The summed E-state index contributed by atoms with van der Waals surface area (Å²) in [7, 11) is 0. The maximum atomic E-state index is 10.7. The number of para-hydroxylation sites is 1. The van der Waals surface area contributed by atoms with Gasteiger partial charge < -0.3 is 14.3 Å². The third kappa shape index (κ3) is 1.09. The van der Waals surface area contributed by atoms with Gasteiger partial charge in [0.05, 0.1) is 0 Å². The lowest BCUT2D eigenvalue weighted by Gasteiger charge is -1.96. The van der Waals surface area contributed by atoms with Crippen LogP contribution >= 0.6 is 0 Å². The first-order chi connectivity index (χ1) is 6.61. The predicted octanol–water partition coefficient (Wildman–Crippen LogP) is 1.41. The number of furan rings is 1. The molecule has 2 aromatic rings. The van der Waals surface area contributed by atoms with Crippen LogP contribution in [-0.2, 0) is 0 Å². The van der Waals surface area contributed by atoms with Crippen LogP contribution < -0.4 is 5.11 Å². The molecule has 0 aliphatic rings. The van der Waals surface area contributed by atoms with Gasteiger partial charge in [0.15, 0.2) is 5.76 Å². The second-order valence-corrected chi connectivity index (χ2v) is 3.30. The molecule has 0 N–H and O–H groups in total. The summed E-state index contributed by atoms with van der Waals surface area (Å²) < 4.78 is 5.23. The van der Waals surface area contributed by atoms with E-state index in [1.165, 1.54) is 0 Å². The fourth-order valence-corrected chi connectivity index (χ4v) is 1.58. The zero-order valence-electron chi connectivity index (χ0n) is 7.96. The monoisotopic (exact) mass is 189 g/mol. The Balaban J connectivity index is 2.86. The second-order valence-electron chi connectivity index (χ2n) is 3.30. The van der Waals surface area contributed by atoms with Gasteiger partial charge in [0.2, 0.25) is 0 Å². The molecule has 1 heterocycles. The topological polar surface area (TPSA) is 53.3 Å². The van der Waals surface area contributed by atoms with E-state index in [0.717, 1.165) is 10.9 Å². The molecule has 0 fully saturated rings. The SMILES string of the molecule is Cc1c(C(=O)[O-])oc2c(C)cccc12. The van der Waals surface area contributed by atoms with Gasteiger partial charge in [-0.15, -0.1) is 0 Å². The molecule has 0 spiro atoms. The van der Waals surface area contributed by atoms with Crippen LogP contribution in [0, 0.1) is 13.8 Å². The fourth-order valence-electron chi connectivity index (χ4n) is 1.58. The van der Waals surface area contributed by atoms with Crippen molar-refractivity contribution in [1.29, 1.82) is 0 Å². The number of fused-ring (bicyclic) bond motifs is 1. The Morgan fingerprint density at radius 1 is 1.36 bits per heavy atom. The zero-order valence-corrected chi connectivity index (χ0v) is 7.96. The third-order valence-electron chi connectivity index (χ3n) is 2.35. The molecule has 0 unspecified atom stereocenters. The summed E-state index contributed by atoms with van der Waals surface area (Å²) in [4.78, 5) is 10.7. The van der Waals surface area contributed by atoms with Gasteiger partial charge in [-0.25, -0.2) is 0 Å². The van der Waals surface area contributed by atoms with Gasteiger partial charge >= 0.3 is 0 Å². The Morgan fingerprint density at radius 2 is 2.07 bits per heavy atom. The summed E-state index contributed by atoms with van der Waals surface area (Å²) in [6.07, 6.45) is 0. The number of aromatic carboxylic acids is 1. The van der Waals surface area contributed by atoms with E-state index in [-0.39, 0.29) is 5.76 Å². The van der Waals surface area contributed by atoms with E-state index >= 15 is 0 Å². The van der Waals surface area contributed by atoms with Crippen LogP contribution in [0.2, 0.25) is 0 Å². The predicted molar refractivity (Wildman–Crippen MR) is 50.0 cm³/mol. The van der Waals surface area contributed by atoms with E-state index in [1.807, 2.05) is 25.1 Å². The molecule has 3 nitrogen and oxygen atoms in total. The molecular formula is C11H9O3-. The first-order valence-electron chi connectivity index (χ1n) is 4.31. The molecule has 1 aromatic heterocycles. The number of carbonyl (C=O) groups is 1. The molecule has 0 atom stereocenters. The Kier molecular flexibility index (Phi) is 1.81. The van der Waals surface area contributed by atoms with Gasteiger partial charge in [-0.05, 0) is 19.4 Å². The maximum absolute atomic E-state index is 10.7. The van der Waals surface area contributed by atoms with E-state index in [4.69, 9.17) is 4.42 Å². The van der Waals surface area contributed by atoms with Gasteiger partial charge in [-0.1, -0.05) is 18.2 Å². The normalized spacial score (nSPS) is 10.7. The minimum absolute atomic E-state index is 0.0747. The molecule has 3 heteroatoms. The maximum Gasteiger partial charge on any atom is 0.153 e. The highest BCUT2D eigenvalue weighted by atomic mass is 16.4. The number of carboxylic acid groups (broad SMARTS) is 1. The van der Waals surface area contributed by atoms with E-state index < -0.39 is 5.97 Å². The molecule has 0 radical (unpaired) electrons. The molecule has 1 aromatic carbocycles. The average Bonchev–Trinajstić information content (AvgIpc) is 2.46. The summed E-state index contributed by atoms with van der Waals surface area (Å²) in [5, 5.41) is 11.5. The largest absolute Gasteiger partial charge is 0.542 e. The van der Waals surface area contributed by atoms with Crippen molar-refractivity contribution in [1.82, 2.24) is 0 Å². The molecule has 0 bridgehead atoms. The van der Waals surface area contributed by atoms with Crippen LogP contribution in [0.25, 0.3) is 11.0 Å². The van der Waals surface area contributed by atoms with Crippen molar-refractivity contribution in [3.8, 4) is 0 Å². The molecule has 2 rings (SSSR count). The fraction of sp³-hybridized carbons (Fsp3) is 0.182. The molecule has 14 heavy (non-hydrogen) atoms. The average molecular weight is 189 g/mol. The number of carbonyl (C=O) groups excluding carboxylic acids is 1. The molecule has 0 aliphatic carbocycles. The van der Waals surface area contributed by atoms with Gasteiger partial charge in [0.25, 0.3) is 0 Å². The molecule has 0 aliphatic heterocycles. The molecule has 0 saturated carbocycles. The summed E-state index contributed by atoms with van der Waals surface area (Å²) in [6, 6.07) is 5.59. The van der Waals surface area contributed by atoms with E-state index in [0.29, 0.717) is 11.1 Å². The van der Waals surface area contributed by atoms with E-state index in [1.54, 1.807) is 6.92 Å².